The highest BCUT2D eigenvalue weighted by Gasteiger charge is 2.48. The van der Waals surface area contributed by atoms with Gasteiger partial charge in [0.1, 0.15) is 103 Å². The SMILES string of the molecule is CSCC[C@H](NC(=O)[C@@H]1CCCN1C(=O)[C@@H](NC(C)=O)C(C)C)C(=O)N[C@H]1CCSSC[C@@H](C(=O)N[C@@H](CCCCN)C(=O)N2CCC[C@H]2C(=O)N2CCC[C@H]2C(=O)N[C@@H](CCC(=O)O)C(N)=O)NC(=O)[C@H](Cc2ccccc2)NC(=O)[C@H](CO)NC(=O)[C@H](CC(=O)O)NC(=O)[C@@H]2CCCN2C(=O)[C@H](CC(C)C)NC(=O)[C@H](CCCCN)NC(=O)[C@H](CCCNC(=N)N)NC(=O)[C@H](CC(C)C)NC1=O. The molecular weight excluding hydrogens is 1870 g/mol. The molecule has 776 valence electrons. The minimum absolute atomic E-state index is 0.00623. The van der Waals surface area contributed by atoms with Gasteiger partial charge in [-0.2, -0.15) is 11.8 Å². The van der Waals surface area contributed by atoms with Crippen LogP contribution < -0.4 is 97.4 Å². The van der Waals surface area contributed by atoms with Gasteiger partial charge >= 0.3 is 11.9 Å². The quantitative estimate of drug-likeness (QED) is 0.0129. The maximum absolute atomic E-state index is 15.6. The molecule has 1 aromatic carbocycles. The van der Waals surface area contributed by atoms with Crippen LogP contribution in [0.2, 0.25) is 0 Å². The standard InChI is InChI=1S/C90H145N23O23S3/c1-49(2)43-60-78(125)100-56(25-16-36-96-90(94)95)74(121)99-55(23-12-14-34-91)75(122)107-63(44-50(3)4)87(134)110-37-17-26-66(110)85(132)106-62(46-71(118)119)80(127)108-64(47-114)81(128)105-61(45-53-21-10-9-11-22-53)79(126)109-65(48-139-138-42-33-58(77(124)104-60)101-76(123)57(32-41-137-8)102-84(131)68-28-19-39-112(68)89(136)72(51(5)6)97-52(7)115)82(129)103-59(24-13-15-35-92)86(133)113-40-20-29-69(113)88(135)111-38-18-27-67(111)83(130)98-54(73(93)120)30-31-70(116)117/h9-11,21-22,49-51,54-69,72,114H,12-20,23-48,91-92H2,1-8H3,(H2,93,120)(H,97,115)(H,98,130)(H,99,121)(H,100,125)(H,101,123)(H,102,131)(H,103,129)(H,104,124)(H,105,128)(H,106,132)(H,107,122)(H,108,127)(H,109,126)(H,116,117)(H,118,119)(H4,94,95,96)/t54-,55-,56-,57-,58-,59-,60-,61-,62-,63-,64-,65-,66-,67-,68-,69-,72-/m0/s1. The summed E-state index contributed by atoms with van der Waals surface area (Å²) in [5.74, 6) is -20.9. The largest absolute Gasteiger partial charge is 0.481 e. The molecule has 0 saturated carbocycles. The molecule has 5 aliphatic rings. The van der Waals surface area contributed by atoms with Crippen LogP contribution in [0.3, 0.4) is 0 Å². The van der Waals surface area contributed by atoms with E-state index in [2.05, 4.69) is 74.4 Å². The average Bonchev–Trinajstić information content (AvgIpc) is 1.66. The van der Waals surface area contributed by atoms with Gasteiger partial charge in [0.25, 0.3) is 0 Å². The van der Waals surface area contributed by atoms with Crippen molar-refractivity contribution in [3.63, 3.8) is 0 Å². The van der Waals surface area contributed by atoms with Gasteiger partial charge in [0.15, 0.2) is 5.96 Å². The molecule has 0 bridgehead atoms. The van der Waals surface area contributed by atoms with Gasteiger partial charge in [-0.1, -0.05) is 93.5 Å². The summed E-state index contributed by atoms with van der Waals surface area (Å²) in [5, 5.41) is 75.6. The number of hydrogen-bond acceptors (Lipinski definition) is 27. The summed E-state index contributed by atoms with van der Waals surface area (Å²) in [7, 11) is 1.90. The highest BCUT2D eigenvalue weighted by Crippen LogP contribution is 2.30. The van der Waals surface area contributed by atoms with Crippen molar-refractivity contribution in [3.8, 4) is 0 Å². The van der Waals surface area contributed by atoms with Crippen LogP contribution in [0.15, 0.2) is 30.3 Å². The Kier molecular flexibility index (Phi) is 49.8. The number of carboxylic acid groups (broad SMARTS) is 2. The van der Waals surface area contributed by atoms with E-state index in [0.29, 0.717) is 31.2 Å². The van der Waals surface area contributed by atoms with Crippen LogP contribution in [-0.4, -0.2) is 338 Å². The molecule has 5 saturated heterocycles. The number of likely N-dealkylation sites (tertiary alicyclic amines) is 3. The van der Waals surface area contributed by atoms with Crippen molar-refractivity contribution >= 4 is 158 Å². The number of hydrogen-bond donors (Lipinski definition) is 22. The fraction of sp³-hybridized carbons (Fsp3) is 0.700. The number of nitrogens with one attached hydrogen (secondary N) is 15. The highest BCUT2D eigenvalue weighted by molar-refractivity contribution is 8.76. The van der Waals surface area contributed by atoms with Crippen molar-refractivity contribution in [2.75, 3.05) is 75.9 Å². The van der Waals surface area contributed by atoms with E-state index in [1.807, 2.05) is 0 Å². The number of carboxylic acids is 2. The zero-order chi connectivity index (χ0) is 103. The third-order valence-corrected chi connectivity index (χ3v) is 27.5. The lowest BCUT2D eigenvalue weighted by molar-refractivity contribution is -0.148. The first-order chi connectivity index (χ1) is 66.0. The molecule has 46 nitrogen and oxygen atoms in total. The Hall–Kier alpha value is -11.2. The third kappa shape index (κ3) is 37.7. The number of thioether (sulfide) groups is 1. The molecule has 5 fully saturated rings. The van der Waals surface area contributed by atoms with Gasteiger partial charge in [-0.3, -0.25) is 101 Å². The molecular formula is C90H145N23O23S3. The van der Waals surface area contributed by atoms with Crippen LogP contribution >= 0.6 is 33.3 Å². The molecule has 49 heteroatoms. The zero-order valence-electron chi connectivity index (χ0n) is 80.5. The number of aliphatic hydroxyl groups is 1. The van der Waals surface area contributed by atoms with Crippen molar-refractivity contribution in [1.29, 1.82) is 5.41 Å². The van der Waals surface area contributed by atoms with E-state index in [9.17, 15) is 72.9 Å². The van der Waals surface area contributed by atoms with Gasteiger partial charge in [0, 0.05) is 64.0 Å². The van der Waals surface area contributed by atoms with E-state index in [1.54, 1.807) is 78.1 Å². The molecule has 0 spiro atoms. The number of primary amides is 1. The number of aliphatic hydroxyl groups excluding tert-OH is 1. The summed E-state index contributed by atoms with van der Waals surface area (Å²) in [6, 6.07) is -17.3. The number of guanidine groups is 1. The topological polar surface area (TPSA) is 711 Å². The van der Waals surface area contributed by atoms with Crippen LogP contribution in [0.5, 0.6) is 0 Å². The molecule has 17 atom stereocenters. The van der Waals surface area contributed by atoms with Gasteiger partial charge in [-0.15, -0.1) is 0 Å². The summed E-state index contributed by atoms with van der Waals surface area (Å²) >= 11 is 1.32. The number of carbonyl (C=O) groups is 20. The van der Waals surface area contributed by atoms with E-state index in [4.69, 9.17) is 28.3 Å². The van der Waals surface area contributed by atoms with Crippen LogP contribution in [0.25, 0.3) is 0 Å². The summed E-state index contributed by atoms with van der Waals surface area (Å²) in [6.07, 6.45) is 1.07. The van der Waals surface area contributed by atoms with Crippen LogP contribution in [0.1, 0.15) is 202 Å². The molecule has 0 aromatic heterocycles. The Morgan fingerprint density at radius 1 is 0.525 bits per heavy atom. The maximum Gasteiger partial charge on any atom is 0.305 e. The van der Waals surface area contributed by atoms with Crippen LogP contribution in [-0.2, 0) is 102 Å². The Morgan fingerprint density at radius 3 is 1.63 bits per heavy atom. The predicted molar refractivity (Wildman–Crippen MR) is 517 cm³/mol. The lowest BCUT2D eigenvalue weighted by Crippen LogP contribution is -2.61. The van der Waals surface area contributed by atoms with Crippen molar-refractivity contribution in [1.82, 2.24) is 94.0 Å². The average molecular weight is 2010 g/mol. The normalized spacial score (nSPS) is 24.2. The molecule has 5 aliphatic heterocycles. The summed E-state index contributed by atoms with van der Waals surface area (Å²) in [5.41, 5.74) is 23.5. The molecule has 0 aliphatic carbocycles. The minimum atomic E-state index is -2.03. The summed E-state index contributed by atoms with van der Waals surface area (Å²) in [6.45, 7) is 10.8. The first kappa shape index (κ1) is 117. The van der Waals surface area contributed by atoms with Crippen molar-refractivity contribution < 1.29 is 111 Å². The fourth-order valence-electron chi connectivity index (χ4n) is 17.1. The number of nitrogens with zero attached hydrogens (tertiary/aromatic N) is 4. The number of aliphatic carboxylic acids is 2. The van der Waals surface area contributed by atoms with Crippen molar-refractivity contribution in [3.05, 3.63) is 35.9 Å². The number of fused-ring (bicyclic) bond motifs is 1. The molecule has 26 N–H and O–H groups in total. The van der Waals surface area contributed by atoms with Crippen LogP contribution in [0.4, 0.5) is 0 Å². The molecule has 6 rings (SSSR count). The van der Waals surface area contributed by atoms with Gasteiger partial charge in [-0.25, -0.2) is 0 Å². The zero-order valence-corrected chi connectivity index (χ0v) is 83.0. The highest BCUT2D eigenvalue weighted by atomic mass is 33.1. The Morgan fingerprint density at radius 2 is 1.04 bits per heavy atom. The number of rotatable bonds is 41. The van der Waals surface area contributed by atoms with Crippen molar-refractivity contribution in [2.24, 2.45) is 40.7 Å². The smallest absolute Gasteiger partial charge is 0.305 e. The number of carbonyl (C=O) groups excluding carboxylic acids is 18. The second-order valence-electron chi connectivity index (χ2n) is 36.7. The molecule has 0 unspecified atom stereocenters. The Bertz CT molecular complexity index is 4410. The molecule has 5 heterocycles. The van der Waals surface area contributed by atoms with E-state index in [-0.39, 0.29) is 179 Å². The first-order valence-electron chi connectivity index (χ1n) is 47.8. The number of amides is 18. The monoisotopic (exact) mass is 2010 g/mol. The number of benzene rings is 1. The first-order valence-corrected chi connectivity index (χ1v) is 51.6. The molecule has 139 heavy (non-hydrogen) atoms. The Labute approximate surface area is 821 Å². The second-order valence-corrected chi connectivity index (χ2v) is 40.3. The van der Waals surface area contributed by atoms with Crippen molar-refractivity contribution in [2.45, 2.75) is 305 Å². The molecule has 0 radical (unpaired) electrons. The lowest BCUT2D eigenvalue weighted by atomic mass is 10.00. The Balaban J connectivity index is 1.51. The summed E-state index contributed by atoms with van der Waals surface area (Å²) < 4.78 is 0. The second kappa shape index (κ2) is 59.4. The number of unbranched alkanes of at least 4 members (excludes halogenated alkanes) is 2. The van der Waals surface area contributed by atoms with E-state index in [0.717, 1.165) is 26.5 Å². The molecule has 1 aromatic rings. The van der Waals surface area contributed by atoms with Gasteiger partial charge in [-0.05, 0) is 183 Å². The fourth-order valence-corrected chi connectivity index (χ4v) is 19.9. The van der Waals surface area contributed by atoms with Gasteiger partial charge in [0.2, 0.25) is 106 Å². The van der Waals surface area contributed by atoms with E-state index < -0.39 is 264 Å². The number of nitrogens with two attached hydrogens (primary N) is 4. The minimum Gasteiger partial charge on any atom is -0.481 e. The van der Waals surface area contributed by atoms with Gasteiger partial charge in [0.05, 0.1) is 13.0 Å². The van der Waals surface area contributed by atoms with E-state index in [1.165, 1.54) is 33.4 Å². The molecule has 18 amide bonds. The lowest BCUT2D eigenvalue weighted by Gasteiger charge is -2.33. The van der Waals surface area contributed by atoms with E-state index >= 15 is 38.4 Å². The van der Waals surface area contributed by atoms with Gasteiger partial charge < -0.3 is 132 Å². The van der Waals surface area contributed by atoms with Crippen LogP contribution in [0, 0.1) is 23.2 Å². The predicted octanol–water partition coefficient (Wildman–Crippen LogP) is -3.86. The summed E-state index contributed by atoms with van der Waals surface area (Å²) in [4.78, 5) is 293. The maximum atomic E-state index is 15.6. The third-order valence-electron chi connectivity index (χ3n) is 24.4.